The maximum absolute atomic E-state index is 11.9. The lowest BCUT2D eigenvalue weighted by molar-refractivity contribution is -0.137. The molecule has 0 aliphatic rings. The highest BCUT2D eigenvalue weighted by Crippen LogP contribution is 2.16. The van der Waals surface area contributed by atoms with E-state index < -0.39 is 5.97 Å². The number of rotatable bonds is 7. The Bertz CT molecular complexity index is 514. The first-order valence-corrected chi connectivity index (χ1v) is 7.06. The van der Waals surface area contributed by atoms with Crippen LogP contribution in [0.2, 0.25) is 0 Å². The summed E-state index contributed by atoms with van der Waals surface area (Å²) in [4.78, 5) is 24.1. The summed E-state index contributed by atoms with van der Waals surface area (Å²) in [6.45, 7) is 6.61. The van der Waals surface area contributed by atoms with Crippen LogP contribution in [0.4, 0.5) is 0 Å². The zero-order valence-electron chi connectivity index (χ0n) is 13.1. The van der Waals surface area contributed by atoms with Crippen LogP contribution < -0.4 is 5.32 Å². The fourth-order valence-electron chi connectivity index (χ4n) is 2.02. The van der Waals surface area contributed by atoms with E-state index in [-0.39, 0.29) is 24.9 Å². The van der Waals surface area contributed by atoms with Gasteiger partial charge < -0.3 is 10.4 Å². The Kier molecular flexibility index (Phi) is 6.37. The van der Waals surface area contributed by atoms with Crippen molar-refractivity contribution in [2.75, 3.05) is 20.1 Å². The molecular weight excluding hydrogens is 268 g/mol. The van der Waals surface area contributed by atoms with E-state index in [9.17, 15) is 9.59 Å². The lowest BCUT2D eigenvalue weighted by atomic mass is 10.0. The topological polar surface area (TPSA) is 69.6 Å². The number of carbonyl (C=O) groups is 2. The van der Waals surface area contributed by atoms with Crippen molar-refractivity contribution in [3.05, 3.63) is 34.9 Å². The number of nitrogens with one attached hydrogen (secondary N) is 1. The quantitative estimate of drug-likeness (QED) is 0.805. The standard InChI is InChI=1S/C16H24N2O3/c1-11-5-6-14(9-12(11)2)13(3)17-15(19)10-18(4)8-7-16(20)21/h5-6,9,13H,7-8,10H2,1-4H3,(H,17,19)(H,20,21). The van der Waals surface area contributed by atoms with E-state index in [1.54, 1.807) is 11.9 Å². The van der Waals surface area contributed by atoms with E-state index in [1.165, 1.54) is 11.1 Å². The third-order valence-electron chi connectivity index (χ3n) is 3.53. The van der Waals surface area contributed by atoms with Crippen molar-refractivity contribution in [2.45, 2.75) is 33.2 Å². The van der Waals surface area contributed by atoms with Gasteiger partial charge in [-0.25, -0.2) is 0 Å². The molecule has 116 valence electrons. The number of benzene rings is 1. The SMILES string of the molecule is Cc1ccc(C(C)NC(=O)CN(C)CCC(=O)O)cc1C. The van der Waals surface area contributed by atoms with Crippen molar-refractivity contribution in [3.8, 4) is 0 Å². The zero-order valence-corrected chi connectivity index (χ0v) is 13.1. The Hall–Kier alpha value is -1.88. The van der Waals surface area contributed by atoms with Crippen LogP contribution in [0.5, 0.6) is 0 Å². The van der Waals surface area contributed by atoms with Gasteiger partial charge in [-0.1, -0.05) is 18.2 Å². The summed E-state index contributed by atoms with van der Waals surface area (Å²) in [6.07, 6.45) is 0.0382. The maximum Gasteiger partial charge on any atom is 0.304 e. The number of aryl methyl sites for hydroxylation is 2. The van der Waals surface area contributed by atoms with Gasteiger partial charge in [-0.15, -0.1) is 0 Å². The molecule has 1 aromatic rings. The number of carboxylic acids is 1. The van der Waals surface area contributed by atoms with E-state index in [0.717, 1.165) is 5.56 Å². The molecular formula is C16H24N2O3. The van der Waals surface area contributed by atoms with Gasteiger partial charge in [-0.05, 0) is 44.5 Å². The molecule has 5 nitrogen and oxygen atoms in total. The third kappa shape index (κ3) is 5.95. The van der Waals surface area contributed by atoms with Crippen molar-refractivity contribution in [1.82, 2.24) is 10.2 Å². The van der Waals surface area contributed by atoms with Crippen LogP contribution in [0.25, 0.3) is 0 Å². The second-order valence-electron chi connectivity index (χ2n) is 5.51. The molecule has 1 rings (SSSR count). The minimum absolute atomic E-state index is 0.0382. The number of likely N-dealkylation sites (N-methyl/N-ethyl adjacent to an activating group) is 1. The van der Waals surface area contributed by atoms with Gasteiger partial charge in [-0.2, -0.15) is 0 Å². The Morgan fingerprint density at radius 3 is 2.52 bits per heavy atom. The minimum Gasteiger partial charge on any atom is -0.481 e. The highest BCUT2D eigenvalue weighted by molar-refractivity contribution is 5.78. The van der Waals surface area contributed by atoms with Crippen LogP contribution in [0.1, 0.15) is 36.1 Å². The fourth-order valence-corrected chi connectivity index (χ4v) is 2.02. The summed E-state index contributed by atoms with van der Waals surface area (Å²) in [7, 11) is 1.74. The fraction of sp³-hybridized carbons (Fsp3) is 0.500. The molecule has 1 unspecified atom stereocenters. The first-order valence-electron chi connectivity index (χ1n) is 7.06. The molecule has 5 heteroatoms. The number of aliphatic carboxylic acids is 1. The Morgan fingerprint density at radius 2 is 1.95 bits per heavy atom. The van der Waals surface area contributed by atoms with E-state index in [4.69, 9.17) is 5.11 Å². The second kappa shape index (κ2) is 7.78. The molecule has 0 aliphatic carbocycles. The van der Waals surface area contributed by atoms with Gasteiger partial charge in [0.25, 0.3) is 0 Å². The van der Waals surface area contributed by atoms with Crippen molar-refractivity contribution in [2.24, 2.45) is 0 Å². The smallest absolute Gasteiger partial charge is 0.304 e. The lowest BCUT2D eigenvalue weighted by Crippen LogP contribution is -2.37. The number of hydrogen-bond donors (Lipinski definition) is 2. The molecule has 0 aliphatic heterocycles. The largest absolute Gasteiger partial charge is 0.481 e. The van der Waals surface area contributed by atoms with Crippen LogP contribution in [0, 0.1) is 13.8 Å². The van der Waals surface area contributed by atoms with Crippen molar-refractivity contribution in [1.29, 1.82) is 0 Å². The first kappa shape index (κ1) is 17.2. The van der Waals surface area contributed by atoms with Crippen molar-refractivity contribution in [3.63, 3.8) is 0 Å². The van der Waals surface area contributed by atoms with E-state index in [0.29, 0.717) is 6.54 Å². The molecule has 0 bridgehead atoms. The van der Waals surface area contributed by atoms with Gasteiger partial charge in [0.1, 0.15) is 0 Å². The maximum atomic E-state index is 11.9. The Morgan fingerprint density at radius 1 is 1.29 bits per heavy atom. The normalized spacial score (nSPS) is 12.2. The molecule has 0 aromatic heterocycles. The van der Waals surface area contributed by atoms with Gasteiger partial charge in [0.05, 0.1) is 19.0 Å². The summed E-state index contributed by atoms with van der Waals surface area (Å²) in [5, 5.41) is 11.5. The molecule has 0 saturated carbocycles. The molecule has 2 N–H and O–H groups in total. The zero-order chi connectivity index (χ0) is 16.0. The molecule has 1 aromatic carbocycles. The summed E-state index contributed by atoms with van der Waals surface area (Å²) < 4.78 is 0. The monoisotopic (exact) mass is 292 g/mol. The summed E-state index contributed by atoms with van der Waals surface area (Å²) in [6, 6.07) is 6.08. The Balaban J connectivity index is 2.49. The van der Waals surface area contributed by atoms with Gasteiger partial charge in [-0.3, -0.25) is 14.5 Å². The number of amides is 1. The molecule has 0 spiro atoms. The highest BCUT2D eigenvalue weighted by Gasteiger charge is 2.12. The first-order chi connectivity index (χ1) is 9.79. The van der Waals surface area contributed by atoms with Crippen LogP contribution in [-0.2, 0) is 9.59 Å². The van der Waals surface area contributed by atoms with E-state index in [1.807, 2.05) is 26.0 Å². The molecule has 0 saturated heterocycles. The van der Waals surface area contributed by atoms with Gasteiger partial charge >= 0.3 is 5.97 Å². The minimum atomic E-state index is -0.856. The average molecular weight is 292 g/mol. The average Bonchev–Trinajstić information content (AvgIpc) is 2.39. The summed E-state index contributed by atoms with van der Waals surface area (Å²) >= 11 is 0. The van der Waals surface area contributed by atoms with Crippen LogP contribution in [-0.4, -0.2) is 42.0 Å². The van der Waals surface area contributed by atoms with Crippen LogP contribution >= 0.6 is 0 Å². The number of carboxylic acid groups (broad SMARTS) is 1. The van der Waals surface area contributed by atoms with Crippen LogP contribution in [0.3, 0.4) is 0 Å². The molecule has 0 heterocycles. The predicted octanol–water partition coefficient (Wildman–Crippen LogP) is 1.89. The molecule has 21 heavy (non-hydrogen) atoms. The predicted molar refractivity (Wildman–Crippen MR) is 82.2 cm³/mol. The molecule has 1 atom stereocenters. The Labute approximate surface area is 126 Å². The van der Waals surface area contributed by atoms with E-state index >= 15 is 0 Å². The van der Waals surface area contributed by atoms with Gasteiger partial charge in [0, 0.05) is 6.54 Å². The summed E-state index contributed by atoms with van der Waals surface area (Å²) in [5.41, 5.74) is 3.50. The molecule has 0 radical (unpaired) electrons. The van der Waals surface area contributed by atoms with Gasteiger partial charge in [0.2, 0.25) is 5.91 Å². The lowest BCUT2D eigenvalue weighted by Gasteiger charge is -2.19. The highest BCUT2D eigenvalue weighted by atomic mass is 16.4. The van der Waals surface area contributed by atoms with Crippen molar-refractivity contribution >= 4 is 11.9 Å². The van der Waals surface area contributed by atoms with Crippen LogP contribution in [0.15, 0.2) is 18.2 Å². The van der Waals surface area contributed by atoms with Crippen molar-refractivity contribution < 1.29 is 14.7 Å². The summed E-state index contributed by atoms with van der Waals surface area (Å²) in [5.74, 6) is -0.959. The number of nitrogens with zero attached hydrogens (tertiary/aromatic N) is 1. The molecule has 0 fully saturated rings. The molecule has 1 amide bonds. The number of carbonyl (C=O) groups excluding carboxylic acids is 1. The number of hydrogen-bond acceptors (Lipinski definition) is 3. The second-order valence-corrected chi connectivity index (χ2v) is 5.51. The third-order valence-corrected chi connectivity index (χ3v) is 3.53. The van der Waals surface area contributed by atoms with E-state index in [2.05, 4.69) is 18.3 Å². The van der Waals surface area contributed by atoms with Gasteiger partial charge in [0.15, 0.2) is 0 Å².